The number of benzene rings is 1. The van der Waals surface area contributed by atoms with Crippen LogP contribution in [0.2, 0.25) is 0 Å². The number of ketones is 1. The zero-order valence-corrected chi connectivity index (χ0v) is 11.7. The molecule has 3 rings (SSSR count). The molecule has 2 heterocycles. The van der Waals surface area contributed by atoms with Crippen LogP contribution in [0.1, 0.15) is 16.2 Å². The lowest BCUT2D eigenvalue weighted by molar-refractivity contribution is 0.103. The van der Waals surface area contributed by atoms with Gasteiger partial charge < -0.3 is 5.11 Å². The Morgan fingerprint density at radius 3 is 2.76 bits per heavy atom. The van der Waals surface area contributed by atoms with Crippen molar-refractivity contribution in [1.82, 2.24) is 15.2 Å². The first-order valence-electron chi connectivity index (χ1n) is 6.18. The number of hydrogen-bond acceptors (Lipinski definition) is 5. The highest BCUT2D eigenvalue weighted by atomic mass is 32.1. The first-order chi connectivity index (χ1) is 10.3. The summed E-state index contributed by atoms with van der Waals surface area (Å²) in [6, 6.07) is 9.70. The van der Waals surface area contributed by atoms with Crippen LogP contribution in [0, 0.1) is 0 Å². The molecule has 0 fully saturated rings. The molecule has 0 unspecified atom stereocenters. The van der Waals surface area contributed by atoms with Crippen LogP contribution in [-0.4, -0.2) is 26.1 Å². The van der Waals surface area contributed by atoms with Crippen LogP contribution in [0.3, 0.4) is 0 Å². The van der Waals surface area contributed by atoms with Crippen LogP contribution in [0.5, 0.6) is 0 Å². The van der Waals surface area contributed by atoms with Crippen LogP contribution in [-0.2, 0) is 0 Å². The quantitative estimate of drug-likeness (QED) is 0.440. The molecular formula is C15H11N3O2S. The average Bonchev–Trinajstić information content (AvgIpc) is 3.19. The molecule has 3 aromatic rings. The molecule has 1 aromatic carbocycles. The number of nitrogens with one attached hydrogen (secondary N) is 1. The monoisotopic (exact) mass is 297 g/mol. The van der Waals surface area contributed by atoms with Gasteiger partial charge in [-0.2, -0.15) is 16.4 Å². The molecule has 104 valence electrons. The summed E-state index contributed by atoms with van der Waals surface area (Å²) in [6.45, 7) is 0. The van der Waals surface area contributed by atoms with Gasteiger partial charge in [-0.15, -0.1) is 0 Å². The van der Waals surface area contributed by atoms with Crippen LogP contribution in [0.15, 0.2) is 53.5 Å². The second-order valence-corrected chi connectivity index (χ2v) is 5.04. The van der Waals surface area contributed by atoms with Crippen molar-refractivity contribution in [2.45, 2.75) is 0 Å². The highest BCUT2D eigenvalue weighted by Gasteiger charge is 2.13. The summed E-state index contributed by atoms with van der Waals surface area (Å²) in [4.78, 5) is 15.7. The van der Waals surface area contributed by atoms with E-state index >= 15 is 0 Å². The molecule has 0 saturated carbocycles. The normalized spacial score (nSPS) is 11.5. The number of aliphatic hydroxyl groups excluding tert-OH is 1. The minimum atomic E-state index is -0.421. The Morgan fingerprint density at radius 1 is 1.24 bits per heavy atom. The Bertz CT molecular complexity index is 776. The van der Waals surface area contributed by atoms with E-state index in [1.165, 1.54) is 17.7 Å². The lowest BCUT2D eigenvalue weighted by Gasteiger charge is -2.03. The van der Waals surface area contributed by atoms with Gasteiger partial charge in [-0.05, 0) is 10.9 Å². The molecule has 0 spiro atoms. The number of carbonyl (C=O) groups excluding carboxylic acids is 1. The summed E-state index contributed by atoms with van der Waals surface area (Å²) in [5.74, 6) is -0.412. The van der Waals surface area contributed by atoms with E-state index in [1.54, 1.807) is 0 Å². The number of aromatic amines is 1. The SMILES string of the molecule is O=C(C=C(O)c1cscc1-c1ccccc1)c1ncn[nH]1. The van der Waals surface area contributed by atoms with Crippen molar-refractivity contribution in [2.24, 2.45) is 0 Å². The number of rotatable bonds is 4. The first kappa shape index (κ1) is 13.3. The molecule has 0 aliphatic heterocycles. The summed E-state index contributed by atoms with van der Waals surface area (Å²) in [7, 11) is 0. The van der Waals surface area contributed by atoms with E-state index in [0.717, 1.165) is 17.2 Å². The second-order valence-electron chi connectivity index (χ2n) is 4.29. The fourth-order valence-electron chi connectivity index (χ4n) is 1.93. The Morgan fingerprint density at radius 2 is 2.05 bits per heavy atom. The molecule has 0 radical (unpaired) electrons. The third-order valence-corrected chi connectivity index (χ3v) is 3.68. The Hall–Kier alpha value is -2.73. The number of thiophene rings is 1. The lowest BCUT2D eigenvalue weighted by Crippen LogP contribution is -1.99. The molecule has 2 aromatic heterocycles. The van der Waals surface area contributed by atoms with E-state index in [-0.39, 0.29) is 11.6 Å². The summed E-state index contributed by atoms with van der Waals surface area (Å²) in [5, 5.41) is 20.0. The van der Waals surface area contributed by atoms with Crippen molar-refractivity contribution >= 4 is 22.9 Å². The predicted octanol–water partition coefficient (Wildman–Crippen LogP) is 3.32. The Kier molecular flexibility index (Phi) is 3.61. The van der Waals surface area contributed by atoms with E-state index in [2.05, 4.69) is 15.2 Å². The number of H-pyrrole nitrogens is 1. The van der Waals surface area contributed by atoms with Crippen LogP contribution < -0.4 is 0 Å². The summed E-state index contributed by atoms with van der Waals surface area (Å²) < 4.78 is 0. The van der Waals surface area contributed by atoms with Gasteiger partial charge in [0, 0.05) is 22.6 Å². The average molecular weight is 297 g/mol. The van der Waals surface area contributed by atoms with Gasteiger partial charge in [0.25, 0.3) is 0 Å². The van der Waals surface area contributed by atoms with Gasteiger partial charge in [0.15, 0.2) is 5.82 Å². The number of aromatic nitrogens is 3. The third-order valence-electron chi connectivity index (χ3n) is 2.94. The van der Waals surface area contributed by atoms with Gasteiger partial charge in [-0.3, -0.25) is 9.89 Å². The van der Waals surface area contributed by atoms with E-state index in [1.807, 2.05) is 41.1 Å². The standard InChI is InChI=1S/C15H11N3O2S/c19-13(6-14(20)15-16-9-17-18-15)12-8-21-7-11(12)10-4-2-1-3-5-10/h1-9,19H,(H,16,17,18). The van der Waals surface area contributed by atoms with Gasteiger partial charge in [0.2, 0.25) is 5.78 Å². The van der Waals surface area contributed by atoms with Gasteiger partial charge in [-0.1, -0.05) is 30.3 Å². The number of nitrogens with zero attached hydrogens (tertiary/aromatic N) is 2. The van der Waals surface area contributed by atoms with Crippen molar-refractivity contribution in [3.63, 3.8) is 0 Å². The summed E-state index contributed by atoms with van der Waals surface area (Å²) in [6.07, 6.45) is 2.40. The minimum Gasteiger partial charge on any atom is -0.507 e. The van der Waals surface area contributed by atoms with Crippen LogP contribution in [0.25, 0.3) is 16.9 Å². The highest BCUT2D eigenvalue weighted by molar-refractivity contribution is 7.08. The first-order valence-corrected chi connectivity index (χ1v) is 7.12. The summed E-state index contributed by atoms with van der Waals surface area (Å²) >= 11 is 1.47. The maximum Gasteiger partial charge on any atom is 0.226 e. The lowest BCUT2D eigenvalue weighted by atomic mass is 10.0. The van der Waals surface area contributed by atoms with Gasteiger partial charge >= 0.3 is 0 Å². The number of hydrogen-bond donors (Lipinski definition) is 2. The highest BCUT2D eigenvalue weighted by Crippen LogP contribution is 2.31. The molecular weight excluding hydrogens is 286 g/mol. The van der Waals surface area contributed by atoms with E-state index in [9.17, 15) is 9.90 Å². The molecule has 2 N–H and O–H groups in total. The van der Waals surface area contributed by atoms with E-state index in [0.29, 0.717) is 5.56 Å². The van der Waals surface area contributed by atoms with Crippen LogP contribution >= 0.6 is 11.3 Å². The van der Waals surface area contributed by atoms with Gasteiger partial charge in [0.05, 0.1) is 0 Å². The fraction of sp³-hybridized carbons (Fsp3) is 0. The van der Waals surface area contributed by atoms with E-state index in [4.69, 9.17) is 0 Å². The maximum absolute atomic E-state index is 11.9. The molecule has 0 aliphatic carbocycles. The van der Waals surface area contributed by atoms with Gasteiger partial charge in [-0.25, -0.2) is 4.98 Å². The Labute approximate surface area is 124 Å². The molecule has 0 bridgehead atoms. The fourth-order valence-corrected chi connectivity index (χ4v) is 2.78. The van der Waals surface area contributed by atoms with E-state index < -0.39 is 5.78 Å². The number of carbonyl (C=O) groups is 1. The molecule has 21 heavy (non-hydrogen) atoms. The van der Waals surface area contributed by atoms with Crippen molar-refractivity contribution in [1.29, 1.82) is 0 Å². The summed E-state index contributed by atoms with van der Waals surface area (Å²) in [5.41, 5.74) is 2.50. The molecule has 6 heteroatoms. The second kappa shape index (κ2) is 5.72. The molecule has 0 amide bonds. The van der Waals surface area contributed by atoms with Crippen molar-refractivity contribution in [3.8, 4) is 11.1 Å². The Balaban J connectivity index is 1.95. The largest absolute Gasteiger partial charge is 0.507 e. The molecule has 5 nitrogen and oxygen atoms in total. The molecule has 0 saturated heterocycles. The minimum absolute atomic E-state index is 0.0866. The topological polar surface area (TPSA) is 78.9 Å². The zero-order valence-electron chi connectivity index (χ0n) is 10.9. The number of aliphatic hydroxyl groups is 1. The van der Waals surface area contributed by atoms with Crippen molar-refractivity contribution in [2.75, 3.05) is 0 Å². The molecule has 0 atom stereocenters. The van der Waals surface area contributed by atoms with Crippen molar-refractivity contribution < 1.29 is 9.90 Å². The molecule has 0 aliphatic rings. The predicted molar refractivity (Wildman–Crippen MR) is 81.1 cm³/mol. The zero-order chi connectivity index (χ0) is 14.7. The third kappa shape index (κ3) is 2.75. The maximum atomic E-state index is 11.9. The number of allylic oxidation sites excluding steroid dienone is 1. The van der Waals surface area contributed by atoms with Crippen molar-refractivity contribution in [3.05, 3.63) is 64.9 Å². The van der Waals surface area contributed by atoms with Gasteiger partial charge in [0.1, 0.15) is 12.1 Å². The van der Waals surface area contributed by atoms with Crippen LogP contribution in [0.4, 0.5) is 0 Å². The smallest absolute Gasteiger partial charge is 0.226 e.